The molecule has 1 saturated heterocycles. The largest absolute Gasteiger partial charge is 0.355 e. The van der Waals surface area contributed by atoms with Gasteiger partial charge in [0, 0.05) is 6.54 Å². The van der Waals surface area contributed by atoms with E-state index >= 15 is 0 Å². The number of nitrogens with one attached hydrogen (secondary N) is 1. The first-order chi connectivity index (χ1) is 8.30. The molecule has 1 amide bonds. The van der Waals surface area contributed by atoms with E-state index in [0.717, 1.165) is 18.9 Å². The molecule has 1 aliphatic heterocycles. The fourth-order valence-electron chi connectivity index (χ4n) is 2.25. The normalized spacial score (nSPS) is 20.7. The van der Waals surface area contributed by atoms with E-state index in [-0.39, 0.29) is 11.3 Å². The van der Waals surface area contributed by atoms with Crippen LogP contribution in [0, 0.1) is 11.3 Å². The van der Waals surface area contributed by atoms with Crippen molar-refractivity contribution >= 4 is 5.91 Å². The summed E-state index contributed by atoms with van der Waals surface area (Å²) in [7, 11) is 2.17. The molecule has 1 rings (SSSR count). The van der Waals surface area contributed by atoms with Crippen LogP contribution in [0.25, 0.3) is 0 Å². The third kappa shape index (κ3) is 4.94. The highest BCUT2D eigenvalue weighted by atomic mass is 16.2. The molecule has 0 aliphatic carbocycles. The second-order valence-corrected chi connectivity index (χ2v) is 6.67. The number of piperidine rings is 1. The van der Waals surface area contributed by atoms with E-state index in [1.165, 1.54) is 25.9 Å². The van der Waals surface area contributed by atoms with Crippen LogP contribution in [0.4, 0.5) is 0 Å². The monoisotopic (exact) mass is 255 g/mol. The number of hydrogen-bond donors (Lipinski definition) is 2. The van der Waals surface area contributed by atoms with Gasteiger partial charge in [0.05, 0.1) is 6.04 Å². The second-order valence-electron chi connectivity index (χ2n) is 6.67. The summed E-state index contributed by atoms with van der Waals surface area (Å²) in [5.74, 6) is 0.739. The maximum atomic E-state index is 11.8. The quantitative estimate of drug-likeness (QED) is 0.794. The zero-order valence-electron chi connectivity index (χ0n) is 12.3. The van der Waals surface area contributed by atoms with Crippen LogP contribution in [0.1, 0.15) is 40.0 Å². The van der Waals surface area contributed by atoms with Crippen LogP contribution in [0.2, 0.25) is 0 Å². The molecule has 0 aromatic heterocycles. The third-order valence-electron chi connectivity index (χ3n) is 3.91. The Bertz CT molecular complexity index is 265. The predicted molar refractivity (Wildman–Crippen MR) is 75.3 cm³/mol. The van der Waals surface area contributed by atoms with E-state index in [4.69, 9.17) is 5.73 Å². The molecule has 0 saturated carbocycles. The molecule has 106 valence electrons. The summed E-state index contributed by atoms with van der Waals surface area (Å²) in [5.41, 5.74) is 5.74. The lowest BCUT2D eigenvalue weighted by molar-refractivity contribution is -0.124. The molecule has 1 aliphatic rings. The highest BCUT2D eigenvalue weighted by Gasteiger charge is 2.27. The second kappa shape index (κ2) is 6.53. The molecule has 0 aromatic rings. The van der Waals surface area contributed by atoms with E-state index in [2.05, 4.69) is 17.3 Å². The number of carbonyl (C=O) groups is 1. The zero-order chi connectivity index (χ0) is 13.8. The summed E-state index contributed by atoms with van der Waals surface area (Å²) in [5, 5.41) is 2.97. The Kier molecular flexibility index (Phi) is 5.60. The summed E-state index contributed by atoms with van der Waals surface area (Å²) in [6.07, 6.45) is 3.58. The molecular weight excluding hydrogens is 226 g/mol. The first-order valence-corrected chi connectivity index (χ1v) is 7.02. The summed E-state index contributed by atoms with van der Waals surface area (Å²) >= 11 is 0. The van der Waals surface area contributed by atoms with E-state index in [0.29, 0.717) is 0 Å². The molecule has 0 radical (unpaired) electrons. The molecule has 0 spiro atoms. The number of carbonyl (C=O) groups excluding carboxylic acids is 1. The number of nitrogens with zero attached hydrogens (tertiary/aromatic N) is 1. The van der Waals surface area contributed by atoms with E-state index in [1.54, 1.807) is 0 Å². The topological polar surface area (TPSA) is 58.4 Å². The van der Waals surface area contributed by atoms with Crippen molar-refractivity contribution in [3.8, 4) is 0 Å². The van der Waals surface area contributed by atoms with Crippen molar-refractivity contribution < 1.29 is 4.79 Å². The Labute approximate surface area is 111 Å². The Morgan fingerprint density at radius 2 is 1.94 bits per heavy atom. The van der Waals surface area contributed by atoms with Gasteiger partial charge in [-0.15, -0.1) is 0 Å². The number of hydrogen-bond acceptors (Lipinski definition) is 3. The smallest absolute Gasteiger partial charge is 0.237 e. The average molecular weight is 255 g/mol. The minimum Gasteiger partial charge on any atom is -0.355 e. The van der Waals surface area contributed by atoms with Crippen molar-refractivity contribution in [1.82, 2.24) is 10.2 Å². The molecule has 3 N–H and O–H groups in total. The molecule has 4 nitrogen and oxygen atoms in total. The molecule has 4 heteroatoms. The highest BCUT2D eigenvalue weighted by molar-refractivity contribution is 5.82. The van der Waals surface area contributed by atoms with Crippen LogP contribution >= 0.6 is 0 Å². The molecule has 1 heterocycles. The number of likely N-dealkylation sites (tertiary alicyclic amines) is 1. The SMILES string of the molecule is CN1CCC(CCNC(=O)C(N)C(C)(C)C)CC1. The van der Waals surface area contributed by atoms with Gasteiger partial charge in [-0.2, -0.15) is 0 Å². The van der Waals surface area contributed by atoms with Crippen LogP contribution in [0.15, 0.2) is 0 Å². The molecule has 18 heavy (non-hydrogen) atoms. The summed E-state index contributed by atoms with van der Waals surface area (Å²) in [6.45, 7) is 9.11. The lowest BCUT2D eigenvalue weighted by Gasteiger charge is -2.29. The molecule has 1 atom stereocenters. The first kappa shape index (κ1) is 15.4. The van der Waals surface area contributed by atoms with Crippen molar-refractivity contribution in [2.75, 3.05) is 26.7 Å². The summed E-state index contributed by atoms with van der Waals surface area (Å²) < 4.78 is 0. The van der Waals surface area contributed by atoms with Crippen molar-refractivity contribution in [3.05, 3.63) is 0 Å². The van der Waals surface area contributed by atoms with Crippen molar-refractivity contribution in [1.29, 1.82) is 0 Å². The Balaban J connectivity index is 2.20. The Morgan fingerprint density at radius 3 is 2.44 bits per heavy atom. The third-order valence-corrected chi connectivity index (χ3v) is 3.91. The first-order valence-electron chi connectivity index (χ1n) is 7.02. The van der Waals surface area contributed by atoms with Gasteiger partial charge in [-0.3, -0.25) is 4.79 Å². The molecular formula is C14H29N3O. The molecule has 1 fully saturated rings. The van der Waals surface area contributed by atoms with Gasteiger partial charge in [-0.1, -0.05) is 20.8 Å². The van der Waals surface area contributed by atoms with Gasteiger partial charge < -0.3 is 16.0 Å². The van der Waals surface area contributed by atoms with Crippen LogP contribution in [0.5, 0.6) is 0 Å². The van der Waals surface area contributed by atoms with Crippen LogP contribution in [-0.4, -0.2) is 43.5 Å². The van der Waals surface area contributed by atoms with Gasteiger partial charge in [0.15, 0.2) is 0 Å². The van der Waals surface area contributed by atoms with E-state index < -0.39 is 6.04 Å². The maximum absolute atomic E-state index is 11.8. The van der Waals surface area contributed by atoms with Gasteiger partial charge in [0.1, 0.15) is 0 Å². The lowest BCUT2D eigenvalue weighted by atomic mass is 9.87. The molecule has 0 aromatic carbocycles. The van der Waals surface area contributed by atoms with Crippen molar-refractivity contribution in [3.63, 3.8) is 0 Å². The van der Waals surface area contributed by atoms with Gasteiger partial charge in [0.25, 0.3) is 0 Å². The number of amides is 1. The van der Waals surface area contributed by atoms with Gasteiger partial charge >= 0.3 is 0 Å². The van der Waals surface area contributed by atoms with Gasteiger partial charge in [-0.25, -0.2) is 0 Å². The zero-order valence-corrected chi connectivity index (χ0v) is 12.3. The molecule has 1 unspecified atom stereocenters. The van der Waals surface area contributed by atoms with Gasteiger partial charge in [0.2, 0.25) is 5.91 Å². The predicted octanol–water partition coefficient (Wildman–Crippen LogP) is 1.21. The Morgan fingerprint density at radius 1 is 1.39 bits per heavy atom. The number of nitrogens with two attached hydrogens (primary N) is 1. The molecule has 0 bridgehead atoms. The minimum absolute atomic E-state index is 0.0181. The average Bonchev–Trinajstić information content (AvgIpc) is 2.29. The Hall–Kier alpha value is -0.610. The number of rotatable bonds is 4. The summed E-state index contributed by atoms with van der Waals surface area (Å²) in [6, 6.07) is -0.421. The summed E-state index contributed by atoms with van der Waals surface area (Å²) in [4.78, 5) is 14.2. The lowest BCUT2D eigenvalue weighted by Crippen LogP contribution is -2.49. The van der Waals surface area contributed by atoms with Crippen molar-refractivity contribution in [2.45, 2.75) is 46.1 Å². The van der Waals surface area contributed by atoms with Crippen molar-refractivity contribution in [2.24, 2.45) is 17.1 Å². The van der Waals surface area contributed by atoms with Crippen LogP contribution in [-0.2, 0) is 4.79 Å². The van der Waals surface area contributed by atoms with Gasteiger partial charge in [-0.05, 0) is 50.7 Å². The minimum atomic E-state index is -0.421. The van der Waals surface area contributed by atoms with Crippen LogP contribution < -0.4 is 11.1 Å². The fraction of sp³-hybridized carbons (Fsp3) is 0.929. The standard InChI is InChI=1S/C14H29N3O/c1-14(2,3)12(15)13(18)16-8-5-11-6-9-17(4)10-7-11/h11-12H,5-10,15H2,1-4H3,(H,16,18). The van der Waals surface area contributed by atoms with E-state index in [1.807, 2.05) is 20.8 Å². The van der Waals surface area contributed by atoms with E-state index in [9.17, 15) is 4.79 Å². The maximum Gasteiger partial charge on any atom is 0.237 e. The highest BCUT2D eigenvalue weighted by Crippen LogP contribution is 2.19. The van der Waals surface area contributed by atoms with Crippen LogP contribution in [0.3, 0.4) is 0 Å². The fourth-order valence-corrected chi connectivity index (χ4v) is 2.25.